The molecule has 1 amide bonds. The molecule has 1 unspecified atom stereocenters. The van der Waals surface area contributed by atoms with E-state index in [4.69, 9.17) is 10.5 Å². The molecule has 1 saturated heterocycles. The molecule has 0 bridgehead atoms. The average Bonchev–Trinajstić information content (AvgIpc) is 2.77. The van der Waals surface area contributed by atoms with Gasteiger partial charge in [-0.3, -0.25) is 9.69 Å². The lowest BCUT2D eigenvalue weighted by Gasteiger charge is -2.33. The third-order valence-electron chi connectivity index (χ3n) is 5.48. The first-order valence-corrected chi connectivity index (χ1v) is 10.0. The van der Waals surface area contributed by atoms with Gasteiger partial charge in [0.05, 0.1) is 13.2 Å². The summed E-state index contributed by atoms with van der Waals surface area (Å²) in [7, 11) is 0. The van der Waals surface area contributed by atoms with Crippen molar-refractivity contribution in [2.45, 2.75) is 25.9 Å². The van der Waals surface area contributed by atoms with Crippen LogP contribution >= 0.6 is 0 Å². The number of hydrogen-bond donors (Lipinski definition) is 2. The van der Waals surface area contributed by atoms with Gasteiger partial charge < -0.3 is 20.7 Å². The van der Waals surface area contributed by atoms with E-state index in [-0.39, 0.29) is 23.7 Å². The van der Waals surface area contributed by atoms with Crippen molar-refractivity contribution < 1.29 is 9.53 Å². The Morgan fingerprint density at radius 1 is 1.17 bits per heavy atom. The van der Waals surface area contributed by atoms with Crippen molar-refractivity contribution in [3.8, 4) is 0 Å². The minimum atomic E-state index is -0.335. The Hall–Kier alpha value is -2.78. The number of carbonyl (C=O) groups is 1. The van der Waals surface area contributed by atoms with Gasteiger partial charge in [0, 0.05) is 38.8 Å². The van der Waals surface area contributed by atoms with Crippen molar-refractivity contribution in [2.75, 3.05) is 50.0 Å². The number of morpholine rings is 1. The van der Waals surface area contributed by atoms with E-state index in [0.29, 0.717) is 38.8 Å². The molecule has 3 N–H and O–H groups in total. The zero-order valence-corrected chi connectivity index (χ0v) is 16.7. The molecule has 1 fully saturated rings. The fraction of sp³-hybridized carbons (Fsp3) is 0.500. The highest BCUT2D eigenvalue weighted by molar-refractivity contribution is 5.90. The van der Waals surface area contributed by atoms with Crippen molar-refractivity contribution in [3.63, 3.8) is 0 Å². The molecular formula is C20H27N7O2. The number of carbonyl (C=O) groups excluding carboxylic acids is 1. The van der Waals surface area contributed by atoms with Gasteiger partial charge in [-0.1, -0.05) is 24.3 Å². The van der Waals surface area contributed by atoms with Crippen molar-refractivity contribution in [2.24, 2.45) is 0 Å². The number of nitrogens with two attached hydrogens (primary N) is 1. The Morgan fingerprint density at radius 2 is 1.93 bits per heavy atom. The van der Waals surface area contributed by atoms with Crippen molar-refractivity contribution in [1.82, 2.24) is 25.2 Å². The highest BCUT2D eigenvalue weighted by Gasteiger charge is 2.22. The van der Waals surface area contributed by atoms with Crippen molar-refractivity contribution in [1.29, 1.82) is 0 Å². The predicted molar refractivity (Wildman–Crippen MR) is 110 cm³/mol. The molecule has 0 aliphatic carbocycles. The number of nitrogens with zero attached hydrogens (tertiary/aromatic N) is 5. The molecule has 1 aromatic carbocycles. The maximum absolute atomic E-state index is 12.6. The summed E-state index contributed by atoms with van der Waals surface area (Å²) in [5.74, 6) is 0.187. The van der Waals surface area contributed by atoms with Gasteiger partial charge >= 0.3 is 0 Å². The molecule has 4 rings (SSSR count). The van der Waals surface area contributed by atoms with Gasteiger partial charge in [-0.05, 0) is 24.5 Å². The summed E-state index contributed by atoms with van der Waals surface area (Å²) in [5, 5.41) is 2.95. The minimum absolute atomic E-state index is 0.0485. The zero-order valence-electron chi connectivity index (χ0n) is 16.7. The first-order chi connectivity index (χ1) is 14.1. The van der Waals surface area contributed by atoms with Gasteiger partial charge in [0.25, 0.3) is 5.91 Å². The first kappa shape index (κ1) is 19.5. The third kappa shape index (κ3) is 4.63. The number of nitrogen functional groups attached to an aromatic ring is 1. The van der Waals surface area contributed by atoms with Gasteiger partial charge in [0.15, 0.2) is 0 Å². The van der Waals surface area contributed by atoms with Crippen LogP contribution in [-0.2, 0) is 17.7 Å². The second-order valence-electron chi connectivity index (χ2n) is 7.46. The van der Waals surface area contributed by atoms with Crippen LogP contribution in [-0.4, -0.2) is 71.2 Å². The largest absolute Gasteiger partial charge is 0.378 e. The molecule has 2 aromatic rings. The summed E-state index contributed by atoms with van der Waals surface area (Å²) in [6.07, 6.45) is 1.03. The second kappa shape index (κ2) is 8.71. The highest BCUT2D eigenvalue weighted by Crippen LogP contribution is 2.20. The Kier molecular flexibility index (Phi) is 5.86. The molecule has 0 radical (unpaired) electrons. The number of amides is 1. The number of benzene rings is 1. The van der Waals surface area contributed by atoms with E-state index >= 15 is 0 Å². The Morgan fingerprint density at radius 3 is 2.72 bits per heavy atom. The monoisotopic (exact) mass is 397 g/mol. The summed E-state index contributed by atoms with van der Waals surface area (Å²) in [6.45, 7) is 7.04. The van der Waals surface area contributed by atoms with Gasteiger partial charge in [0.1, 0.15) is 0 Å². The molecule has 9 heteroatoms. The van der Waals surface area contributed by atoms with Crippen molar-refractivity contribution in [3.05, 3.63) is 41.2 Å². The van der Waals surface area contributed by atoms with E-state index in [1.165, 1.54) is 11.1 Å². The standard InChI is InChI=1S/C20H27N7O2/c1-14(27-7-6-15-4-2-3-5-16(15)13-27)12-22-18(28)17-23-19(21)25-20(24-17)26-8-10-29-11-9-26/h2-5,14H,6-13H2,1H3,(H,22,28)(H2,21,23,24,25). The molecule has 1 atom stereocenters. The lowest BCUT2D eigenvalue weighted by molar-refractivity contribution is 0.0921. The van der Waals surface area contributed by atoms with E-state index in [2.05, 4.69) is 56.4 Å². The van der Waals surface area contributed by atoms with Crippen LogP contribution in [0.2, 0.25) is 0 Å². The van der Waals surface area contributed by atoms with Gasteiger partial charge in [-0.25, -0.2) is 0 Å². The summed E-state index contributed by atoms with van der Waals surface area (Å²) < 4.78 is 5.35. The van der Waals surface area contributed by atoms with Crippen LogP contribution in [0.25, 0.3) is 0 Å². The number of nitrogens with one attached hydrogen (secondary N) is 1. The third-order valence-corrected chi connectivity index (χ3v) is 5.48. The maximum Gasteiger partial charge on any atom is 0.289 e. The lowest BCUT2D eigenvalue weighted by atomic mass is 9.99. The first-order valence-electron chi connectivity index (χ1n) is 10.0. The van der Waals surface area contributed by atoms with Crippen LogP contribution in [0, 0.1) is 0 Å². The zero-order chi connectivity index (χ0) is 20.2. The fourth-order valence-corrected chi connectivity index (χ4v) is 3.73. The van der Waals surface area contributed by atoms with Crippen LogP contribution in [0.5, 0.6) is 0 Å². The van der Waals surface area contributed by atoms with Crippen LogP contribution in [0.3, 0.4) is 0 Å². The van der Waals surface area contributed by atoms with Gasteiger partial charge in [-0.2, -0.15) is 15.0 Å². The molecule has 29 heavy (non-hydrogen) atoms. The van der Waals surface area contributed by atoms with Crippen LogP contribution in [0.4, 0.5) is 11.9 Å². The summed E-state index contributed by atoms with van der Waals surface area (Å²) in [4.78, 5) is 29.5. The topological polar surface area (TPSA) is 110 Å². The minimum Gasteiger partial charge on any atom is -0.378 e. The van der Waals surface area contributed by atoms with Crippen LogP contribution in [0.15, 0.2) is 24.3 Å². The number of anilines is 2. The van der Waals surface area contributed by atoms with E-state index in [1.807, 2.05) is 4.90 Å². The summed E-state index contributed by atoms with van der Waals surface area (Å²) in [5.41, 5.74) is 8.59. The van der Waals surface area contributed by atoms with E-state index < -0.39 is 0 Å². The highest BCUT2D eigenvalue weighted by atomic mass is 16.5. The smallest absolute Gasteiger partial charge is 0.289 e. The molecule has 9 nitrogen and oxygen atoms in total. The molecule has 154 valence electrons. The number of fused-ring (bicyclic) bond motifs is 1. The molecule has 3 heterocycles. The lowest BCUT2D eigenvalue weighted by Crippen LogP contribution is -2.44. The Bertz CT molecular complexity index is 870. The van der Waals surface area contributed by atoms with E-state index in [9.17, 15) is 4.79 Å². The van der Waals surface area contributed by atoms with Gasteiger partial charge in [0.2, 0.25) is 17.7 Å². The molecule has 0 saturated carbocycles. The SMILES string of the molecule is CC(CNC(=O)c1nc(N)nc(N2CCOCC2)n1)N1CCc2ccccc2C1. The van der Waals surface area contributed by atoms with E-state index in [0.717, 1.165) is 19.5 Å². The maximum atomic E-state index is 12.6. The van der Waals surface area contributed by atoms with E-state index in [1.54, 1.807) is 0 Å². The molecule has 0 spiro atoms. The normalized spacial score (nSPS) is 18.2. The number of hydrogen-bond acceptors (Lipinski definition) is 8. The predicted octanol–water partition coefficient (Wildman–Crippen LogP) is 0.467. The summed E-state index contributed by atoms with van der Waals surface area (Å²) in [6, 6.07) is 8.73. The second-order valence-corrected chi connectivity index (χ2v) is 7.46. The number of ether oxygens (including phenoxy) is 1. The quantitative estimate of drug-likeness (QED) is 0.749. The molecule has 2 aliphatic heterocycles. The van der Waals surface area contributed by atoms with Gasteiger partial charge in [-0.15, -0.1) is 0 Å². The molecule has 2 aliphatic rings. The van der Waals surface area contributed by atoms with Crippen LogP contribution in [0.1, 0.15) is 28.7 Å². The van der Waals surface area contributed by atoms with Crippen molar-refractivity contribution >= 4 is 17.8 Å². The fourth-order valence-electron chi connectivity index (χ4n) is 3.73. The number of rotatable bonds is 5. The average molecular weight is 397 g/mol. The molecule has 1 aromatic heterocycles. The van der Waals surface area contributed by atoms with Crippen LogP contribution < -0.4 is 16.0 Å². The molecular weight excluding hydrogens is 370 g/mol. The number of aromatic nitrogens is 3. The Balaban J connectivity index is 1.36. The Labute approximate surface area is 170 Å². The summed E-state index contributed by atoms with van der Waals surface area (Å²) >= 11 is 0.